The van der Waals surface area contributed by atoms with E-state index in [-0.39, 0.29) is 11.3 Å². The molecule has 0 aliphatic heterocycles. The lowest BCUT2D eigenvalue weighted by Crippen LogP contribution is -2.34. The zero-order chi connectivity index (χ0) is 20.7. The van der Waals surface area contributed by atoms with Crippen LogP contribution in [-0.4, -0.2) is 42.4 Å². The first-order chi connectivity index (χ1) is 13.3. The highest BCUT2D eigenvalue weighted by Crippen LogP contribution is 2.33. The number of carbonyl (C=O) groups excluding carboxylic acids is 1. The summed E-state index contributed by atoms with van der Waals surface area (Å²) < 4.78 is 10.0. The molecule has 1 amide bonds. The summed E-state index contributed by atoms with van der Waals surface area (Å²) >= 11 is 0. The van der Waals surface area contributed by atoms with E-state index in [0.29, 0.717) is 11.4 Å². The molecule has 10 nitrogen and oxygen atoms in total. The van der Waals surface area contributed by atoms with E-state index in [4.69, 9.17) is 9.47 Å². The van der Waals surface area contributed by atoms with Gasteiger partial charge < -0.3 is 19.9 Å². The number of hydrogen-bond acceptors (Lipinski definition) is 8. The smallest absolute Gasteiger partial charge is 0.315 e. The van der Waals surface area contributed by atoms with E-state index in [1.165, 1.54) is 13.2 Å². The molecule has 2 aromatic carbocycles. The number of nitrogens with one attached hydrogen (secondary N) is 2. The minimum Gasteiger partial charge on any atom is -0.502 e. The van der Waals surface area contributed by atoms with Crippen LogP contribution in [0.1, 0.15) is 12.5 Å². The van der Waals surface area contributed by atoms with E-state index < -0.39 is 28.3 Å². The first kappa shape index (κ1) is 20.5. The lowest BCUT2D eigenvalue weighted by atomic mass is 10.1. The maximum Gasteiger partial charge on any atom is 0.315 e. The predicted molar refractivity (Wildman–Crippen MR) is 103 cm³/mol. The van der Waals surface area contributed by atoms with E-state index >= 15 is 0 Å². The molecule has 28 heavy (non-hydrogen) atoms. The van der Waals surface area contributed by atoms with Gasteiger partial charge in [-0.05, 0) is 37.3 Å². The molecule has 0 aliphatic carbocycles. The molecule has 10 heteroatoms. The summed E-state index contributed by atoms with van der Waals surface area (Å²) in [6.07, 6.45) is 1.10. The van der Waals surface area contributed by atoms with Crippen LogP contribution in [0.3, 0.4) is 0 Å². The molecular formula is C18H20N4O6. The SMILES string of the molecule is COc1ccc(N[C@@H](C)C(=O)N/N=C\c2cc(OC)cc([N+](=O)[O-])c2O)cc1. The minimum atomic E-state index is -0.741. The highest BCUT2D eigenvalue weighted by Gasteiger charge is 2.19. The molecule has 0 aromatic heterocycles. The lowest BCUT2D eigenvalue weighted by molar-refractivity contribution is -0.385. The van der Waals surface area contributed by atoms with Gasteiger partial charge >= 0.3 is 5.69 Å². The Hall–Kier alpha value is -3.82. The first-order valence-electron chi connectivity index (χ1n) is 8.14. The number of carbonyl (C=O) groups is 1. The van der Waals surface area contributed by atoms with Crippen molar-refractivity contribution < 1.29 is 24.3 Å². The molecule has 0 unspecified atom stereocenters. The van der Waals surface area contributed by atoms with Crippen molar-refractivity contribution in [3.8, 4) is 17.2 Å². The Balaban J connectivity index is 2.04. The summed E-state index contributed by atoms with van der Waals surface area (Å²) in [5.41, 5.74) is 2.53. The molecule has 0 saturated heterocycles. The third kappa shape index (κ3) is 5.10. The van der Waals surface area contributed by atoms with Crippen LogP contribution in [-0.2, 0) is 4.79 Å². The second-order valence-corrected chi connectivity index (χ2v) is 5.67. The van der Waals surface area contributed by atoms with Crippen LogP contribution in [0.4, 0.5) is 11.4 Å². The number of anilines is 1. The number of nitro benzene ring substituents is 1. The Bertz CT molecular complexity index is 882. The number of amides is 1. The molecule has 0 saturated carbocycles. The number of nitro groups is 1. The van der Waals surface area contributed by atoms with Crippen LogP contribution >= 0.6 is 0 Å². The zero-order valence-electron chi connectivity index (χ0n) is 15.5. The average Bonchev–Trinajstić information content (AvgIpc) is 2.69. The Morgan fingerprint density at radius 3 is 2.43 bits per heavy atom. The fourth-order valence-corrected chi connectivity index (χ4v) is 2.23. The van der Waals surface area contributed by atoms with Crippen molar-refractivity contribution in [1.82, 2.24) is 5.43 Å². The number of phenols is 1. The number of phenolic OH excluding ortho intramolecular Hbond substituents is 1. The average molecular weight is 388 g/mol. The monoisotopic (exact) mass is 388 g/mol. The van der Waals surface area contributed by atoms with Crippen molar-refractivity contribution in [3.05, 3.63) is 52.1 Å². The number of aromatic hydroxyl groups is 1. The summed E-state index contributed by atoms with van der Waals surface area (Å²) in [4.78, 5) is 22.4. The summed E-state index contributed by atoms with van der Waals surface area (Å²) in [7, 11) is 2.90. The van der Waals surface area contributed by atoms with Crippen molar-refractivity contribution >= 4 is 23.5 Å². The fourth-order valence-electron chi connectivity index (χ4n) is 2.23. The van der Waals surface area contributed by atoms with Crippen LogP contribution in [0.25, 0.3) is 0 Å². The Morgan fingerprint density at radius 2 is 1.86 bits per heavy atom. The van der Waals surface area contributed by atoms with Crippen LogP contribution in [0, 0.1) is 10.1 Å². The molecule has 1 atom stereocenters. The normalized spacial score (nSPS) is 11.7. The number of hydrogen-bond donors (Lipinski definition) is 3. The fraction of sp³-hybridized carbons (Fsp3) is 0.222. The van der Waals surface area contributed by atoms with Gasteiger partial charge in [0.05, 0.1) is 31.4 Å². The molecule has 2 aromatic rings. The Kier molecular flexibility index (Phi) is 6.74. The Morgan fingerprint density at radius 1 is 1.21 bits per heavy atom. The highest BCUT2D eigenvalue weighted by molar-refractivity contribution is 5.89. The van der Waals surface area contributed by atoms with Gasteiger partial charge in [0, 0.05) is 11.3 Å². The quantitative estimate of drug-likeness (QED) is 0.358. The number of ether oxygens (including phenoxy) is 2. The van der Waals surface area contributed by atoms with E-state index in [1.807, 2.05) is 0 Å². The summed E-state index contributed by atoms with van der Waals surface area (Å²) in [5, 5.41) is 27.7. The molecule has 0 radical (unpaired) electrons. The van der Waals surface area contributed by atoms with Crippen molar-refractivity contribution in [2.24, 2.45) is 5.10 Å². The number of hydrazone groups is 1. The van der Waals surface area contributed by atoms with Crippen LogP contribution in [0.2, 0.25) is 0 Å². The van der Waals surface area contributed by atoms with Gasteiger partial charge in [-0.3, -0.25) is 14.9 Å². The Labute approximate surface area is 160 Å². The van der Waals surface area contributed by atoms with Gasteiger partial charge in [0.1, 0.15) is 17.5 Å². The molecule has 0 heterocycles. The topological polar surface area (TPSA) is 135 Å². The van der Waals surface area contributed by atoms with E-state index in [1.54, 1.807) is 38.3 Å². The number of nitrogens with zero attached hydrogens (tertiary/aromatic N) is 2. The molecule has 3 N–H and O–H groups in total. The largest absolute Gasteiger partial charge is 0.502 e. The predicted octanol–water partition coefficient (Wildman–Crippen LogP) is 2.27. The van der Waals surface area contributed by atoms with Gasteiger partial charge in [-0.1, -0.05) is 0 Å². The molecule has 0 spiro atoms. The molecule has 148 valence electrons. The van der Waals surface area contributed by atoms with Gasteiger partial charge in [-0.2, -0.15) is 5.10 Å². The van der Waals surface area contributed by atoms with Gasteiger partial charge in [-0.25, -0.2) is 5.43 Å². The third-order valence-corrected chi connectivity index (χ3v) is 3.77. The van der Waals surface area contributed by atoms with Gasteiger partial charge in [0.25, 0.3) is 5.91 Å². The van der Waals surface area contributed by atoms with E-state index in [9.17, 15) is 20.0 Å². The standard InChI is InChI=1S/C18H20N4O6/c1-11(20-13-4-6-14(27-2)7-5-13)18(24)21-19-10-12-8-15(28-3)9-16(17(12)23)22(25)26/h4-11,20,23H,1-3H3,(H,21,24)/b19-10-/t11-/m0/s1. The van der Waals surface area contributed by atoms with E-state index in [0.717, 1.165) is 12.3 Å². The maximum atomic E-state index is 12.1. The molecule has 2 rings (SSSR count). The van der Waals surface area contributed by atoms with Crippen LogP contribution in [0.5, 0.6) is 17.2 Å². The van der Waals surface area contributed by atoms with Gasteiger partial charge in [-0.15, -0.1) is 0 Å². The highest BCUT2D eigenvalue weighted by atomic mass is 16.6. The summed E-state index contributed by atoms with van der Waals surface area (Å²) in [5.74, 6) is -0.150. The van der Waals surface area contributed by atoms with Gasteiger partial charge in [0.2, 0.25) is 5.75 Å². The molecule has 0 aliphatic rings. The van der Waals surface area contributed by atoms with E-state index in [2.05, 4.69) is 15.8 Å². The maximum absolute atomic E-state index is 12.1. The second-order valence-electron chi connectivity index (χ2n) is 5.67. The van der Waals surface area contributed by atoms with Crippen LogP contribution < -0.4 is 20.2 Å². The number of benzene rings is 2. The lowest BCUT2D eigenvalue weighted by Gasteiger charge is -2.13. The summed E-state index contributed by atoms with van der Waals surface area (Å²) in [6, 6.07) is 8.87. The number of rotatable bonds is 8. The van der Waals surface area contributed by atoms with Crippen LogP contribution in [0.15, 0.2) is 41.5 Å². The molecular weight excluding hydrogens is 368 g/mol. The van der Waals surface area contributed by atoms with Gasteiger partial charge in [0.15, 0.2) is 0 Å². The molecule has 0 bridgehead atoms. The zero-order valence-corrected chi connectivity index (χ0v) is 15.5. The van der Waals surface area contributed by atoms with Crippen molar-refractivity contribution in [2.45, 2.75) is 13.0 Å². The number of methoxy groups -OCH3 is 2. The first-order valence-corrected chi connectivity index (χ1v) is 8.14. The van der Waals surface area contributed by atoms with Crippen molar-refractivity contribution in [2.75, 3.05) is 19.5 Å². The summed E-state index contributed by atoms with van der Waals surface area (Å²) in [6.45, 7) is 1.64. The third-order valence-electron chi connectivity index (χ3n) is 3.77. The molecule has 0 fully saturated rings. The van der Waals surface area contributed by atoms with Crippen molar-refractivity contribution in [3.63, 3.8) is 0 Å². The van der Waals surface area contributed by atoms with Crippen molar-refractivity contribution in [1.29, 1.82) is 0 Å². The minimum absolute atomic E-state index is 0.0297. The second kappa shape index (κ2) is 9.21.